The molecular weight excluding hydrogens is 1130 g/mol. The number of hydrogen-bond acceptors (Lipinski definition) is 13. The standard InChI is InChI=1S/C64H115N11O13/c1-26-29-30-40(14)53(76)52-57(80)67-44(27-2)59(82)69(18)45(28-3)60(83)74(23)51(41(15)34-88-25)56(79)68-49(38(10)11)63(86)70(19)46(31-35(4)5)55(78)65-42(16)54(77)66-43(17)58(81)71(20)47(32-36(6)7)61(84)72(21)48(33-37(8)9)62(85)73(22)50(39(12)13)64(87)75(52)24/h26,29,35-53,76H,27-28,30-34H2,1-25H3,(H,65,78)(H,66,77)(H,67,80)(H,68,79)/t40-,41-,42+,43-,44+,45-,46+,47+,48+,49+,50+,51+,52+,53-/m1/s1. The third-order valence-corrected chi connectivity index (χ3v) is 17.0. The first-order chi connectivity index (χ1) is 40.7. The van der Waals surface area contributed by atoms with Crippen molar-refractivity contribution < 1.29 is 62.6 Å². The number of nitrogens with one attached hydrogen (secondary N) is 4. The van der Waals surface area contributed by atoms with E-state index in [4.69, 9.17) is 4.74 Å². The van der Waals surface area contributed by atoms with Crippen molar-refractivity contribution in [1.82, 2.24) is 55.6 Å². The summed E-state index contributed by atoms with van der Waals surface area (Å²) in [6.45, 7) is 29.5. The summed E-state index contributed by atoms with van der Waals surface area (Å²) in [5.41, 5.74) is 0. The molecule has 0 unspecified atom stereocenters. The quantitative estimate of drug-likeness (QED) is 0.131. The van der Waals surface area contributed by atoms with Crippen LogP contribution in [0.25, 0.3) is 0 Å². The summed E-state index contributed by atoms with van der Waals surface area (Å²) >= 11 is 0. The molecule has 1 aliphatic heterocycles. The van der Waals surface area contributed by atoms with E-state index in [0.717, 1.165) is 4.90 Å². The van der Waals surface area contributed by atoms with Crippen molar-refractivity contribution in [3.63, 3.8) is 0 Å². The smallest absolute Gasteiger partial charge is 0.246 e. The van der Waals surface area contributed by atoms with Gasteiger partial charge in [0.15, 0.2) is 0 Å². The van der Waals surface area contributed by atoms with E-state index in [0.29, 0.717) is 6.42 Å². The third-order valence-electron chi connectivity index (χ3n) is 17.0. The SMILES string of the molecule is CC=CC[C@@H](C)[C@@H](O)[C@H]1C(=O)N[C@@H](CC)C(=O)N(C)[C@H](CC)C(=O)N(C)[C@@H]([C@H](C)COC)C(=O)N[C@@H](C(C)C)C(=O)N(C)[C@@H](CC(C)C)C(=O)N[C@@H](C)C(=O)N[C@H](C)C(=O)N(C)[C@@H](CC(C)C)C(=O)N(C)[C@@H](CC(C)C)C(=O)N(C)[C@@H](C(C)C)C(=O)N1C. The first-order valence-corrected chi connectivity index (χ1v) is 31.6. The predicted octanol–water partition coefficient (Wildman–Crippen LogP) is 3.28. The number of hydrogen-bond donors (Lipinski definition) is 5. The Bertz CT molecular complexity index is 2400. The van der Waals surface area contributed by atoms with Crippen LogP contribution in [0.3, 0.4) is 0 Å². The molecule has 1 rings (SSSR count). The number of carbonyl (C=O) groups excluding carboxylic acids is 11. The van der Waals surface area contributed by atoms with E-state index in [1.807, 2.05) is 41.5 Å². The van der Waals surface area contributed by atoms with Gasteiger partial charge in [0, 0.05) is 62.4 Å². The van der Waals surface area contributed by atoms with Gasteiger partial charge in [-0.05, 0) is 94.8 Å². The maximum atomic E-state index is 15.2. The molecule has 5 N–H and O–H groups in total. The molecule has 11 amide bonds. The molecule has 24 heteroatoms. The Morgan fingerprint density at radius 1 is 0.455 bits per heavy atom. The Labute approximate surface area is 526 Å². The van der Waals surface area contributed by atoms with Gasteiger partial charge in [0.05, 0.1) is 12.7 Å². The van der Waals surface area contributed by atoms with Gasteiger partial charge in [-0.1, -0.05) is 109 Å². The summed E-state index contributed by atoms with van der Waals surface area (Å²) < 4.78 is 5.48. The van der Waals surface area contributed by atoms with E-state index in [1.54, 1.807) is 74.5 Å². The molecule has 1 saturated heterocycles. The molecule has 0 aromatic carbocycles. The molecule has 1 fully saturated rings. The fourth-order valence-corrected chi connectivity index (χ4v) is 11.5. The second-order valence-corrected chi connectivity index (χ2v) is 26.4. The van der Waals surface area contributed by atoms with Gasteiger partial charge in [0.2, 0.25) is 65.0 Å². The van der Waals surface area contributed by atoms with E-state index in [1.165, 1.54) is 99.7 Å². The normalized spacial score (nSPS) is 27.6. The summed E-state index contributed by atoms with van der Waals surface area (Å²) in [7, 11) is 11.4. The van der Waals surface area contributed by atoms with Crippen LogP contribution in [0.1, 0.15) is 156 Å². The Balaban J connectivity index is 4.45. The van der Waals surface area contributed by atoms with Crippen LogP contribution in [0.2, 0.25) is 0 Å². The van der Waals surface area contributed by atoms with E-state index in [9.17, 15) is 48.3 Å². The number of methoxy groups -OCH3 is 1. The highest BCUT2D eigenvalue weighted by Gasteiger charge is 2.46. The molecule has 88 heavy (non-hydrogen) atoms. The second kappa shape index (κ2) is 36.5. The zero-order valence-corrected chi connectivity index (χ0v) is 58.1. The van der Waals surface area contributed by atoms with E-state index >= 15 is 9.59 Å². The fraction of sp³-hybridized carbons (Fsp3) is 0.797. The van der Waals surface area contributed by atoms with Crippen molar-refractivity contribution in [2.75, 3.05) is 63.1 Å². The molecule has 1 aliphatic rings. The van der Waals surface area contributed by atoms with Crippen LogP contribution < -0.4 is 21.3 Å². The van der Waals surface area contributed by atoms with Crippen LogP contribution in [0.4, 0.5) is 0 Å². The molecule has 0 saturated carbocycles. The lowest BCUT2D eigenvalue weighted by molar-refractivity contribution is -0.157. The zero-order chi connectivity index (χ0) is 68.3. The van der Waals surface area contributed by atoms with Crippen molar-refractivity contribution >= 4 is 65.0 Å². The maximum Gasteiger partial charge on any atom is 0.246 e. The fourth-order valence-electron chi connectivity index (χ4n) is 11.5. The molecule has 0 aliphatic carbocycles. The van der Waals surface area contributed by atoms with Gasteiger partial charge in [-0.2, -0.15) is 0 Å². The highest BCUT2D eigenvalue weighted by molar-refractivity contribution is 6.00. The Hall–Kier alpha value is -6.17. The topological polar surface area (TPSA) is 288 Å². The van der Waals surface area contributed by atoms with Crippen molar-refractivity contribution in [2.24, 2.45) is 41.4 Å². The summed E-state index contributed by atoms with van der Waals surface area (Å²) in [5, 5.41) is 23.2. The summed E-state index contributed by atoms with van der Waals surface area (Å²) in [5.74, 6) is -10.5. The van der Waals surface area contributed by atoms with Crippen LogP contribution in [0.5, 0.6) is 0 Å². The maximum absolute atomic E-state index is 15.2. The molecule has 504 valence electrons. The first-order valence-electron chi connectivity index (χ1n) is 31.6. The summed E-state index contributed by atoms with van der Waals surface area (Å²) in [6.07, 6.45) is 2.86. The zero-order valence-electron chi connectivity index (χ0n) is 58.1. The number of aliphatic hydroxyl groups excluding tert-OH is 1. The number of allylic oxidation sites excluding steroid dienone is 2. The van der Waals surface area contributed by atoms with Gasteiger partial charge >= 0.3 is 0 Å². The lowest BCUT2D eigenvalue weighted by Crippen LogP contribution is -2.64. The third kappa shape index (κ3) is 21.2. The van der Waals surface area contributed by atoms with E-state index in [2.05, 4.69) is 21.3 Å². The number of aliphatic hydroxyl groups is 1. The van der Waals surface area contributed by atoms with Crippen LogP contribution in [-0.2, 0) is 57.5 Å². The van der Waals surface area contributed by atoms with Crippen molar-refractivity contribution in [3.05, 3.63) is 12.2 Å². The lowest BCUT2D eigenvalue weighted by Gasteiger charge is -2.41. The van der Waals surface area contributed by atoms with Crippen LogP contribution >= 0.6 is 0 Å². The van der Waals surface area contributed by atoms with Crippen LogP contribution in [-0.4, -0.2) is 240 Å². The molecule has 1 heterocycles. The largest absolute Gasteiger partial charge is 0.390 e. The summed E-state index contributed by atoms with van der Waals surface area (Å²) in [6, 6.07) is -13.9. The van der Waals surface area contributed by atoms with Crippen molar-refractivity contribution in [3.8, 4) is 0 Å². The Morgan fingerprint density at radius 2 is 0.875 bits per heavy atom. The molecule has 0 bridgehead atoms. The Kier molecular flexibility index (Phi) is 33.1. The van der Waals surface area contributed by atoms with Gasteiger partial charge in [-0.15, -0.1) is 0 Å². The van der Waals surface area contributed by atoms with E-state index < -0.39 is 161 Å². The van der Waals surface area contributed by atoms with Crippen LogP contribution in [0, 0.1) is 41.4 Å². The highest BCUT2D eigenvalue weighted by Crippen LogP contribution is 2.26. The average molecular weight is 1250 g/mol. The van der Waals surface area contributed by atoms with Gasteiger partial charge in [-0.25, -0.2) is 0 Å². The molecular formula is C64H115N11O13. The average Bonchev–Trinajstić information content (AvgIpc) is 3.25. The summed E-state index contributed by atoms with van der Waals surface area (Å²) in [4.78, 5) is 171. The van der Waals surface area contributed by atoms with Crippen LogP contribution in [0.15, 0.2) is 12.2 Å². The number of carbonyl (C=O) groups is 11. The van der Waals surface area contributed by atoms with Gasteiger partial charge in [-0.3, -0.25) is 52.7 Å². The minimum atomic E-state index is -1.63. The molecule has 14 atom stereocenters. The lowest BCUT2D eigenvalue weighted by atomic mass is 9.91. The second-order valence-electron chi connectivity index (χ2n) is 26.4. The molecule has 24 nitrogen and oxygen atoms in total. The molecule has 0 radical (unpaired) electrons. The van der Waals surface area contributed by atoms with Crippen molar-refractivity contribution in [2.45, 2.75) is 229 Å². The van der Waals surface area contributed by atoms with Gasteiger partial charge in [0.25, 0.3) is 0 Å². The van der Waals surface area contributed by atoms with Crippen molar-refractivity contribution in [1.29, 1.82) is 0 Å². The monoisotopic (exact) mass is 1250 g/mol. The predicted molar refractivity (Wildman–Crippen MR) is 339 cm³/mol. The molecule has 0 aromatic rings. The minimum absolute atomic E-state index is 0.00299. The minimum Gasteiger partial charge on any atom is -0.390 e. The first kappa shape index (κ1) is 79.8. The van der Waals surface area contributed by atoms with Gasteiger partial charge < -0.3 is 65.4 Å². The van der Waals surface area contributed by atoms with E-state index in [-0.39, 0.29) is 56.5 Å². The van der Waals surface area contributed by atoms with Gasteiger partial charge in [0.1, 0.15) is 66.5 Å². The Morgan fingerprint density at radius 3 is 1.33 bits per heavy atom. The highest BCUT2D eigenvalue weighted by atomic mass is 16.5. The number of likely N-dealkylation sites (N-methyl/N-ethyl adjacent to an activating group) is 7. The number of rotatable bonds is 17. The number of ether oxygens (including phenoxy) is 1. The number of nitrogens with zero attached hydrogens (tertiary/aromatic N) is 7. The number of amides is 11. The molecule has 0 aromatic heterocycles. The molecule has 0 spiro atoms.